The quantitative estimate of drug-likeness (QED) is 0.156. The number of nitrogens with one attached hydrogen (secondary N) is 3. The molecule has 4 fully saturated rings. The Bertz CT molecular complexity index is 2540. The van der Waals surface area contributed by atoms with E-state index in [1.54, 1.807) is 21.7 Å². The molecule has 18 heteroatoms. The van der Waals surface area contributed by atoms with Crippen LogP contribution in [0.15, 0.2) is 47.4 Å². The zero-order valence-electron chi connectivity index (χ0n) is 35.5. The molecule has 1 saturated carbocycles. The van der Waals surface area contributed by atoms with Crippen molar-refractivity contribution in [2.45, 2.75) is 96.1 Å². The van der Waals surface area contributed by atoms with Crippen molar-refractivity contribution in [3.8, 4) is 5.75 Å². The van der Waals surface area contributed by atoms with Crippen LogP contribution in [0.25, 0.3) is 10.9 Å². The Hall–Kier alpha value is -5.45. The summed E-state index contributed by atoms with van der Waals surface area (Å²) in [5.74, 6) is -0.165. The zero-order valence-corrected chi connectivity index (χ0v) is 37.1. The standard InChI is InChI=1S/C45H51Cl2N9O7/c1-25(2)56-33-6-4-27(18-26(33)19-36(43(56)61)62-22-38(58)48-3)50-40-32(46)20-49-44(52-40)53-16-12-29(13-17-53)63-28-10-14-45(15-11-28)23-54(24-45)34-7-5-30-31(39(34)47)21-55(42(30)60)35-8-9-37(57)51-41(35)59/h4-7,18-20,25,28-29,35H,8-17,21-24H2,1-3H3,(H,48,58)(H,49,50,52)(H,51,57,59). The number of amides is 4. The lowest BCUT2D eigenvalue weighted by Crippen LogP contribution is -2.58. The molecule has 4 aromatic rings. The molecule has 1 atom stereocenters. The largest absolute Gasteiger partial charge is 0.478 e. The topological polar surface area (TPSA) is 180 Å². The number of halogens is 2. The third kappa shape index (κ3) is 8.40. The number of ether oxygens (including phenoxy) is 2. The van der Waals surface area contributed by atoms with E-state index in [9.17, 15) is 24.0 Å². The fourth-order valence-corrected chi connectivity index (χ4v) is 10.3. The van der Waals surface area contributed by atoms with Crippen LogP contribution in [0.5, 0.6) is 5.75 Å². The number of fused-ring (bicyclic) bond motifs is 2. The number of imide groups is 1. The first-order valence-corrected chi connectivity index (χ1v) is 22.5. The Kier molecular flexibility index (Phi) is 11.7. The second kappa shape index (κ2) is 17.3. The number of hydrogen-bond donors (Lipinski definition) is 3. The average molecular weight is 901 g/mol. The van der Waals surface area contributed by atoms with Gasteiger partial charge < -0.3 is 39.4 Å². The first kappa shape index (κ1) is 42.8. The SMILES string of the molecule is CNC(=O)COc1cc2cc(Nc3nc(N4CCC(OC5CCC6(CC5)CN(c5ccc7c(c5Cl)CN(C5CCC(=O)NC5=O)C7=O)C6)CC4)ncc3Cl)ccc2n(C(C)C)c1=O. The van der Waals surface area contributed by atoms with Crippen LogP contribution in [0, 0.1) is 5.41 Å². The molecule has 63 heavy (non-hydrogen) atoms. The van der Waals surface area contributed by atoms with Crippen LogP contribution < -0.4 is 36.0 Å². The van der Waals surface area contributed by atoms with Crippen molar-refractivity contribution in [2.75, 3.05) is 55.0 Å². The predicted molar refractivity (Wildman–Crippen MR) is 239 cm³/mol. The second-order valence-electron chi connectivity index (χ2n) is 17.7. The van der Waals surface area contributed by atoms with Crippen LogP contribution in [-0.4, -0.2) is 101 Å². The van der Waals surface area contributed by atoms with Gasteiger partial charge in [-0.25, -0.2) is 4.98 Å². The lowest BCUT2D eigenvalue weighted by molar-refractivity contribution is -0.137. The highest BCUT2D eigenvalue weighted by atomic mass is 35.5. The average Bonchev–Trinajstić information content (AvgIpc) is 3.59. The van der Waals surface area contributed by atoms with Crippen molar-refractivity contribution >= 4 is 80.9 Å². The van der Waals surface area contributed by atoms with Gasteiger partial charge in [0.15, 0.2) is 18.2 Å². The highest BCUT2D eigenvalue weighted by Crippen LogP contribution is 2.49. The number of aromatic nitrogens is 3. The molecule has 2 aromatic heterocycles. The first-order valence-electron chi connectivity index (χ1n) is 21.7. The van der Waals surface area contributed by atoms with E-state index in [2.05, 4.69) is 30.7 Å². The zero-order chi connectivity index (χ0) is 44.2. The van der Waals surface area contributed by atoms with Crippen molar-refractivity contribution < 1.29 is 28.7 Å². The van der Waals surface area contributed by atoms with Crippen LogP contribution in [0.2, 0.25) is 10.0 Å². The molecule has 9 rings (SSSR count). The highest BCUT2D eigenvalue weighted by molar-refractivity contribution is 6.35. The Morgan fingerprint density at radius 2 is 1.71 bits per heavy atom. The minimum Gasteiger partial charge on any atom is -0.478 e. The summed E-state index contributed by atoms with van der Waals surface area (Å²) in [6.07, 6.45) is 8.38. The van der Waals surface area contributed by atoms with Gasteiger partial charge >= 0.3 is 0 Å². The molecule has 2 aromatic carbocycles. The summed E-state index contributed by atoms with van der Waals surface area (Å²) < 4.78 is 14.0. The monoisotopic (exact) mass is 899 g/mol. The van der Waals surface area contributed by atoms with Crippen LogP contribution in [0.1, 0.15) is 87.2 Å². The molecule has 3 N–H and O–H groups in total. The summed E-state index contributed by atoms with van der Waals surface area (Å²) in [5, 5.41) is 9.88. The van der Waals surface area contributed by atoms with Crippen molar-refractivity contribution in [1.82, 2.24) is 30.1 Å². The molecule has 6 heterocycles. The summed E-state index contributed by atoms with van der Waals surface area (Å²) in [7, 11) is 1.51. The fraction of sp³-hybridized carbons (Fsp3) is 0.489. The molecule has 4 aliphatic heterocycles. The molecule has 0 radical (unpaired) electrons. The molecule has 16 nitrogen and oxygen atoms in total. The minimum atomic E-state index is -0.673. The van der Waals surface area contributed by atoms with Gasteiger partial charge in [-0.3, -0.25) is 29.3 Å². The maximum atomic E-state index is 13.3. The molecule has 332 valence electrons. The molecule has 5 aliphatic rings. The molecule has 1 unspecified atom stereocenters. The van der Waals surface area contributed by atoms with Gasteiger partial charge in [0, 0.05) is 79.8 Å². The number of benzene rings is 2. The number of hydrogen-bond acceptors (Lipinski definition) is 12. The van der Waals surface area contributed by atoms with Gasteiger partial charge in [-0.05, 0) is 95.2 Å². The van der Waals surface area contributed by atoms with Gasteiger partial charge in [-0.2, -0.15) is 4.98 Å². The molecular weight excluding hydrogens is 849 g/mol. The number of rotatable bonds is 11. The van der Waals surface area contributed by atoms with Gasteiger partial charge in [-0.1, -0.05) is 23.2 Å². The van der Waals surface area contributed by atoms with E-state index in [1.165, 1.54) is 7.05 Å². The van der Waals surface area contributed by atoms with Gasteiger partial charge in [0.25, 0.3) is 17.4 Å². The van der Waals surface area contributed by atoms with E-state index in [1.807, 2.05) is 44.2 Å². The van der Waals surface area contributed by atoms with Crippen LogP contribution in [0.4, 0.5) is 23.1 Å². The molecule has 1 spiro atoms. The Morgan fingerprint density at radius 3 is 2.43 bits per heavy atom. The number of pyridine rings is 1. The summed E-state index contributed by atoms with van der Waals surface area (Å²) in [6, 6.07) is 10.2. The number of carbonyl (C=O) groups is 4. The number of anilines is 4. The van der Waals surface area contributed by atoms with Gasteiger partial charge in [0.05, 0.1) is 34.6 Å². The van der Waals surface area contributed by atoms with Crippen LogP contribution >= 0.6 is 23.2 Å². The van der Waals surface area contributed by atoms with E-state index < -0.39 is 11.9 Å². The summed E-state index contributed by atoms with van der Waals surface area (Å²) >= 11 is 13.6. The van der Waals surface area contributed by atoms with Crippen molar-refractivity contribution in [3.05, 3.63) is 74.1 Å². The first-order chi connectivity index (χ1) is 30.3. The van der Waals surface area contributed by atoms with Crippen molar-refractivity contribution in [1.29, 1.82) is 0 Å². The van der Waals surface area contributed by atoms with Crippen LogP contribution in [0.3, 0.4) is 0 Å². The van der Waals surface area contributed by atoms with Crippen molar-refractivity contribution in [3.63, 3.8) is 0 Å². The maximum Gasteiger partial charge on any atom is 0.293 e. The Morgan fingerprint density at radius 1 is 0.968 bits per heavy atom. The Labute approximate surface area is 374 Å². The second-order valence-corrected chi connectivity index (χ2v) is 18.5. The fourth-order valence-electron chi connectivity index (χ4n) is 9.85. The molecule has 1 aliphatic carbocycles. The molecule has 4 amide bonds. The smallest absolute Gasteiger partial charge is 0.293 e. The van der Waals surface area contributed by atoms with Gasteiger partial charge in [0.2, 0.25) is 17.8 Å². The summed E-state index contributed by atoms with van der Waals surface area (Å²) in [4.78, 5) is 77.9. The van der Waals surface area contributed by atoms with E-state index in [0.29, 0.717) is 39.5 Å². The predicted octanol–water partition coefficient (Wildman–Crippen LogP) is 5.74. The lowest BCUT2D eigenvalue weighted by atomic mass is 9.67. The van der Waals surface area contributed by atoms with Gasteiger partial charge in [0.1, 0.15) is 11.1 Å². The summed E-state index contributed by atoms with van der Waals surface area (Å²) in [6.45, 7) is 7.13. The lowest BCUT2D eigenvalue weighted by Gasteiger charge is -2.55. The number of carbonyl (C=O) groups excluding carboxylic acids is 4. The third-order valence-electron chi connectivity index (χ3n) is 13.3. The molecule has 0 bridgehead atoms. The number of nitrogens with zero attached hydrogens (tertiary/aromatic N) is 6. The maximum absolute atomic E-state index is 13.3. The van der Waals surface area contributed by atoms with E-state index in [0.717, 1.165) is 86.9 Å². The number of piperidine rings is 2. The van der Waals surface area contributed by atoms with E-state index in [-0.39, 0.29) is 72.3 Å². The van der Waals surface area contributed by atoms with E-state index in [4.69, 9.17) is 37.7 Å². The summed E-state index contributed by atoms with van der Waals surface area (Å²) in [5.41, 5.74) is 3.54. The molecule has 3 saturated heterocycles. The van der Waals surface area contributed by atoms with Gasteiger partial charge in [-0.15, -0.1) is 0 Å². The normalized spacial score (nSPS) is 20.3. The minimum absolute atomic E-state index is 0.0898. The molecular formula is C45H51Cl2N9O7. The number of likely N-dealkylation sites (N-methyl/N-ethyl adjacent to an activating group) is 1. The Balaban J connectivity index is 0.767. The van der Waals surface area contributed by atoms with E-state index >= 15 is 0 Å². The third-order valence-corrected chi connectivity index (χ3v) is 14.0. The highest BCUT2D eigenvalue weighted by Gasteiger charge is 2.47. The van der Waals surface area contributed by atoms with Crippen molar-refractivity contribution in [2.24, 2.45) is 5.41 Å². The van der Waals surface area contributed by atoms with Crippen LogP contribution in [-0.2, 0) is 25.7 Å².